The molecule has 0 aliphatic rings. The van der Waals surface area contributed by atoms with Crippen LogP contribution in [0.5, 0.6) is 5.75 Å². The molecule has 0 atom stereocenters. The monoisotopic (exact) mass is 216 g/mol. The average Bonchev–Trinajstić information content (AvgIpc) is 2.33. The Morgan fingerprint density at radius 2 is 2.06 bits per heavy atom. The molecule has 0 saturated heterocycles. The van der Waals surface area contributed by atoms with E-state index in [9.17, 15) is 4.79 Å². The van der Waals surface area contributed by atoms with E-state index in [0.29, 0.717) is 5.75 Å². The summed E-state index contributed by atoms with van der Waals surface area (Å²) in [6.45, 7) is 0. The lowest BCUT2D eigenvalue weighted by atomic mass is 10.3. The number of hydrogen-bond acceptors (Lipinski definition) is 3. The molecule has 0 bridgehead atoms. The lowest BCUT2D eigenvalue weighted by molar-refractivity contribution is 0.414. The van der Waals surface area contributed by atoms with Crippen molar-refractivity contribution in [2.24, 2.45) is 0 Å². The first-order valence-electron chi connectivity index (χ1n) is 4.84. The van der Waals surface area contributed by atoms with Gasteiger partial charge in [-0.15, -0.1) is 0 Å². The second-order valence-electron chi connectivity index (χ2n) is 3.34. The Labute approximate surface area is 92.9 Å². The maximum atomic E-state index is 11.8. The molecule has 0 spiro atoms. The van der Waals surface area contributed by atoms with E-state index in [4.69, 9.17) is 10.5 Å². The lowest BCUT2D eigenvalue weighted by Crippen LogP contribution is -2.20. The number of anilines is 1. The zero-order chi connectivity index (χ0) is 11.5. The summed E-state index contributed by atoms with van der Waals surface area (Å²) in [5.74, 6) is 0.701. The Bertz CT molecular complexity index is 561. The van der Waals surface area contributed by atoms with Crippen LogP contribution in [0.25, 0.3) is 5.69 Å². The van der Waals surface area contributed by atoms with E-state index in [1.165, 1.54) is 4.57 Å². The normalized spacial score (nSPS) is 10.1. The summed E-state index contributed by atoms with van der Waals surface area (Å²) in [7, 11) is 1.58. The molecule has 16 heavy (non-hydrogen) atoms. The van der Waals surface area contributed by atoms with Gasteiger partial charge in [-0.2, -0.15) is 0 Å². The Morgan fingerprint density at radius 3 is 2.81 bits per heavy atom. The molecule has 0 unspecified atom stereocenters. The third-order valence-electron chi connectivity index (χ3n) is 2.31. The molecule has 0 aliphatic heterocycles. The molecule has 2 N–H and O–H groups in total. The van der Waals surface area contributed by atoms with Crippen molar-refractivity contribution in [2.75, 3.05) is 12.8 Å². The highest BCUT2D eigenvalue weighted by Gasteiger charge is 2.02. The predicted molar refractivity (Wildman–Crippen MR) is 63.0 cm³/mol. The molecular weight excluding hydrogens is 204 g/mol. The molecule has 2 aromatic rings. The average molecular weight is 216 g/mol. The number of benzene rings is 1. The standard InChI is InChI=1S/C12H12N2O2/c1-16-10-5-2-4-9(8-10)14-7-3-6-11(13)12(14)15/h2-8H,13H2,1H3. The van der Waals surface area contributed by atoms with Crippen molar-refractivity contribution in [1.82, 2.24) is 4.57 Å². The summed E-state index contributed by atoms with van der Waals surface area (Å²) in [5, 5.41) is 0. The highest BCUT2D eigenvalue weighted by Crippen LogP contribution is 2.15. The van der Waals surface area contributed by atoms with Crippen LogP contribution in [-0.4, -0.2) is 11.7 Å². The maximum absolute atomic E-state index is 11.8. The summed E-state index contributed by atoms with van der Waals surface area (Å²) in [6.07, 6.45) is 1.67. The van der Waals surface area contributed by atoms with Crippen molar-refractivity contribution in [3.8, 4) is 11.4 Å². The van der Waals surface area contributed by atoms with Gasteiger partial charge in [-0.25, -0.2) is 0 Å². The van der Waals surface area contributed by atoms with Gasteiger partial charge in [0.25, 0.3) is 5.56 Å². The van der Waals surface area contributed by atoms with Crippen molar-refractivity contribution in [2.45, 2.75) is 0 Å². The largest absolute Gasteiger partial charge is 0.497 e. The van der Waals surface area contributed by atoms with E-state index in [1.807, 2.05) is 18.2 Å². The first-order valence-corrected chi connectivity index (χ1v) is 4.84. The minimum absolute atomic E-state index is 0.226. The number of hydrogen-bond donors (Lipinski definition) is 1. The second kappa shape index (κ2) is 4.10. The Morgan fingerprint density at radius 1 is 1.25 bits per heavy atom. The number of nitrogens with zero attached hydrogens (tertiary/aromatic N) is 1. The summed E-state index contributed by atoms with van der Waals surface area (Å²) < 4.78 is 6.58. The predicted octanol–water partition coefficient (Wildman–Crippen LogP) is 1.43. The zero-order valence-electron chi connectivity index (χ0n) is 8.88. The van der Waals surface area contributed by atoms with Gasteiger partial charge in [0.2, 0.25) is 0 Å². The van der Waals surface area contributed by atoms with E-state index >= 15 is 0 Å². The van der Waals surface area contributed by atoms with Crippen molar-refractivity contribution in [1.29, 1.82) is 0 Å². The van der Waals surface area contributed by atoms with Crippen LogP contribution in [0.15, 0.2) is 47.4 Å². The van der Waals surface area contributed by atoms with Gasteiger partial charge in [-0.05, 0) is 24.3 Å². The van der Waals surface area contributed by atoms with E-state index < -0.39 is 0 Å². The van der Waals surface area contributed by atoms with Crippen molar-refractivity contribution < 1.29 is 4.74 Å². The molecule has 0 saturated carbocycles. The third-order valence-corrected chi connectivity index (χ3v) is 2.31. The van der Waals surface area contributed by atoms with Gasteiger partial charge < -0.3 is 10.5 Å². The van der Waals surface area contributed by atoms with E-state index in [0.717, 1.165) is 5.69 Å². The highest BCUT2D eigenvalue weighted by molar-refractivity contribution is 5.43. The van der Waals surface area contributed by atoms with Gasteiger partial charge in [0, 0.05) is 12.3 Å². The summed E-state index contributed by atoms with van der Waals surface area (Å²) in [5.41, 5.74) is 6.30. The fraction of sp³-hybridized carbons (Fsp3) is 0.0833. The maximum Gasteiger partial charge on any atom is 0.278 e. The van der Waals surface area contributed by atoms with Gasteiger partial charge in [0.05, 0.1) is 18.5 Å². The van der Waals surface area contributed by atoms with Crippen molar-refractivity contribution in [3.63, 3.8) is 0 Å². The molecule has 0 aliphatic carbocycles. The SMILES string of the molecule is COc1cccc(-n2cccc(N)c2=O)c1. The van der Waals surface area contributed by atoms with Crippen molar-refractivity contribution in [3.05, 3.63) is 52.9 Å². The minimum Gasteiger partial charge on any atom is -0.497 e. The fourth-order valence-electron chi connectivity index (χ4n) is 1.47. The van der Waals surface area contributed by atoms with Crippen LogP contribution in [-0.2, 0) is 0 Å². The Hall–Kier alpha value is -2.23. The first-order chi connectivity index (χ1) is 7.72. The number of nitrogens with two attached hydrogens (primary N) is 1. The molecule has 82 valence electrons. The van der Waals surface area contributed by atoms with Crippen LogP contribution < -0.4 is 16.0 Å². The molecule has 2 rings (SSSR count). The number of nitrogen functional groups attached to an aromatic ring is 1. The van der Waals surface area contributed by atoms with Gasteiger partial charge in [0.15, 0.2) is 0 Å². The van der Waals surface area contributed by atoms with Crippen LogP contribution in [0.2, 0.25) is 0 Å². The van der Waals surface area contributed by atoms with Crippen LogP contribution in [0.1, 0.15) is 0 Å². The molecular formula is C12H12N2O2. The molecule has 0 radical (unpaired) electrons. The smallest absolute Gasteiger partial charge is 0.278 e. The molecule has 0 fully saturated rings. The lowest BCUT2D eigenvalue weighted by Gasteiger charge is -2.07. The number of rotatable bonds is 2. The van der Waals surface area contributed by atoms with E-state index in [1.54, 1.807) is 31.5 Å². The van der Waals surface area contributed by atoms with Gasteiger partial charge in [-0.1, -0.05) is 6.07 Å². The quantitative estimate of drug-likeness (QED) is 0.826. The topological polar surface area (TPSA) is 57.2 Å². The van der Waals surface area contributed by atoms with Crippen LogP contribution in [0.3, 0.4) is 0 Å². The molecule has 1 aromatic heterocycles. The number of methoxy groups -OCH3 is 1. The second-order valence-corrected chi connectivity index (χ2v) is 3.34. The zero-order valence-corrected chi connectivity index (χ0v) is 8.88. The van der Waals surface area contributed by atoms with E-state index in [-0.39, 0.29) is 11.2 Å². The third kappa shape index (κ3) is 1.77. The van der Waals surface area contributed by atoms with Crippen molar-refractivity contribution >= 4 is 5.69 Å². The van der Waals surface area contributed by atoms with Crippen LogP contribution >= 0.6 is 0 Å². The van der Waals surface area contributed by atoms with E-state index in [2.05, 4.69) is 0 Å². The Kier molecular flexibility index (Phi) is 2.64. The van der Waals surface area contributed by atoms with Gasteiger partial charge in [-0.3, -0.25) is 9.36 Å². The summed E-state index contributed by atoms with van der Waals surface area (Å²) >= 11 is 0. The molecule has 4 nitrogen and oxygen atoms in total. The first kappa shape index (κ1) is 10.3. The number of ether oxygens (including phenoxy) is 1. The Balaban J connectivity index is 2.59. The highest BCUT2D eigenvalue weighted by atomic mass is 16.5. The van der Waals surface area contributed by atoms with Gasteiger partial charge in [0.1, 0.15) is 5.75 Å². The van der Waals surface area contributed by atoms with Crippen LogP contribution in [0.4, 0.5) is 5.69 Å². The number of pyridine rings is 1. The molecule has 1 heterocycles. The fourth-order valence-corrected chi connectivity index (χ4v) is 1.47. The summed E-state index contributed by atoms with van der Waals surface area (Å²) in [4.78, 5) is 11.8. The van der Waals surface area contributed by atoms with Gasteiger partial charge >= 0.3 is 0 Å². The van der Waals surface area contributed by atoms with Crippen LogP contribution in [0, 0.1) is 0 Å². The molecule has 1 aromatic carbocycles. The molecule has 0 amide bonds. The minimum atomic E-state index is -0.226. The summed E-state index contributed by atoms with van der Waals surface area (Å²) in [6, 6.07) is 10.6. The number of aromatic nitrogens is 1. The molecule has 4 heteroatoms.